The smallest absolute Gasteiger partial charge is 0.254 e. The first-order valence-corrected chi connectivity index (χ1v) is 7.81. The van der Waals surface area contributed by atoms with Gasteiger partial charge < -0.3 is 10.2 Å². The number of amides is 1. The van der Waals surface area contributed by atoms with Crippen LogP contribution in [-0.2, 0) is 0 Å². The molecule has 1 saturated heterocycles. The standard InChI is InChI=1S/C19H22N2O/c1-14-8-6-7-11-17(14)19(22)21-13-15(2)20-12-18(21)16-9-4-3-5-10-16/h3-11,15,18,20H,12-13H2,1-2H3. The molecule has 0 spiro atoms. The van der Waals surface area contributed by atoms with Gasteiger partial charge >= 0.3 is 0 Å². The van der Waals surface area contributed by atoms with Gasteiger partial charge in [-0.15, -0.1) is 0 Å². The second kappa shape index (κ2) is 6.32. The molecule has 1 aliphatic heterocycles. The molecule has 22 heavy (non-hydrogen) atoms. The number of carbonyl (C=O) groups is 1. The third-order valence-corrected chi connectivity index (χ3v) is 4.33. The average molecular weight is 294 g/mol. The fourth-order valence-electron chi connectivity index (χ4n) is 3.07. The molecule has 0 aliphatic carbocycles. The third-order valence-electron chi connectivity index (χ3n) is 4.33. The molecule has 3 rings (SSSR count). The normalized spacial score (nSPS) is 21.6. The first-order chi connectivity index (χ1) is 10.7. The summed E-state index contributed by atoms with van der Waals surface area (Å²) in [6.07, 6.45) is 0. The van der Waals surface area contributed by atoms with Crippen molar-refractivity contribution in [3.8, 4) is 0 Å². The fourth-order valence-corrected chi connectivity index (χ4v) is 3.07. The molecule has 0 bridgehead atoms. The maximum atomic E-state index is 13.0. The molecule has 3 nitrogen and oxygen atoms in total. The van der Waals surface area contributed by atoms with Gasteiger partial charge in [0.2, 0.25) is 0 Å². The molecule has 1 amide bonds. The molecule has 1 N–H and O–H groups in total. The number of hydrogen-bond donors (Lipinski definition) is 1. The number of nitrogens with zero attached hydrogens (tertiary/aromatic N) is 1. The van der Waals surface area contributed by atoms with E-state index in [0.29, 0.717) is 6.04 Å². The first-order valence-electron chi connectivity index (χ1n) is 7.81. The van der Waals surface area contributed by atoms with Gasteiger partial charge in [-0.25, -0.2) is 0 Å². The van der Waals surface area contributed by atoms with Crippen LogP contribution < -0.4 is 5.32 Å². The van der Waals surface area contributed by atoms with Crippen molar-refractivity contribution in [3.63, 3.8) is 0 Å². The van der Waals surface area contributed by atoms with Crippen molar-refractivity contribution in [1.82, 2.24) is 10.2 Å². The van der Waals surface area contributed by atoms with E-state index >= 15 is 0 Å². The zero-order valence-corrected chi connectivity index (χ0v) is 13.1. The molecule has 2 aromatic carbocycles. The highest BCUT2D eigenvalue weighted by Crippen LogP contribution is 2.26. The Morgan fingerprint density at radius 3 is 2.50 bits per heavy atom. The molecule has 114 valence electrons. The number of benzene rings is 2. The molecule has 0 radical (unpaired) electrons. The van der Waals surface area contributed by atoms with E-state index in [2.05, 4.69) is 24.4 Å². The Hall–Kier alpha value is -2.13. The second-order valence-corrected chi connectivity index (χ2v) is 6.01. The topological polar surface area (TPSA) is 32.3 Å². The zero-order chi connectivity index (χ0) is 15.5. The van der Waals surface area contributed by atoms with Gasteiger partial charge in [0.1, 0.15) is 0 Å². The van der Waals surface area contributed by atoms with E-state index in [-0.39, 0.29) is 11.9 Å². The highest BCUT2D eigenvalue weighted by molar-refractivity contribution is 5.96. The van der Waals surface area contributed by atoms with Crippen LogP contribution in [0.3, 0.4) is 0 Å². The quantitative estimate of drug-likeness (QED) is 0.922. The Labute approximate surface area is 132 Å². The second-order valence-electron chi connectivity index (χ2n) is 6.01. The molecule has 0 aromatic heterocycles. The van der Waals surface area contributed by atoms with Gasteiger partial charge in [0.15, 0.2) is 0 Å². The van der Waals surface area contributed by atoms with Crippen molar-refractivity contribution < 1.29 is 4.79 Å². The Balaban J connectivity index is 1.94. The van der Waals surface area contributed by atoms with Gasteiger partial charge in [-0.2, -0.15) is 0 Å². The molecule has 1 heterocycles. The highest BCUT2D eigenvalue weighted by atomic mass is 16.2. The summed E-state index contributed by atoms with van der Waals surface area (Å²) in [5, 5.41) is 3.49. The maximum Gasteiger partial charge on any atom is 0.254 e. The van der Waals surface area contributed by atoms with E-state index in [0.717, 1.165) is 24.2 Å². The van der Waals surface area contributed by atoms with Crippen molar-refractivity contribution >= 4 is 5.91 Å². The largest absolute Gasteiger partial charge is 0.329 e. The summed E-state index contributed by atoms with van der Waals surface area (Å²) in [5.74, 6) is 0.125. The molecule has 1 fully saturated rings. The molecule has 2 atom stereocenters. The van der Waals surface area contributed by atoms with Gasteiger partial charge in [0.25, 0.3) is 5.91 Å². The lowest BCUT2D eigenvalue weighted by Crippen LogP contribution is -2.53. The first kappa shape index (κ1) is 14.8. The Morgan fingerprint density at radius 2 is 1.77 bits per heavy atom. The fraction of sp³-hybridized carbons (Fsp3) is 0.316. The third kappa shape index (κ3) is 2.90. The summed E-state index contributed by atoms with van der Waals surface area (Å²) in [6, 6.07) is 18.5. The lowest BCUT2D eigenvalue weighted by atomic mass is 9.99. The lowest BCUT2D eigenvalue weighted by molar-refractivity contribution is 0.0590. The lowest BCUT2D eigenvalue weighted by Gasteiger charge is -2.40. The van der Waals surface area contributed by atoms with Crippen molar-refractivity contribution in [2.24, 2.45) is 0 Å². The van der Waals surface area contributed by atoms with Gasteiger partial charge in [0, 0.05) is 24.7 Å². The van der Waals surface area contributed by atoms with Gasteiger partial charge in [0.05, 0.1) is 6.04 Å². The number of rotatable bonds is 2. The maximum absolute atomic E-state index is 13.0. The van der Waals surface area contributed by atoms with Crippen molar-refractivity contribution in [2.45, 2.75) is 25.9 Å². The molecule has 3 heteroatoms. The molecule has 0 saturated carbocycles. The predicted molar refractivity (Wildman–Crippen MR) is 88.9 cm³/mol. The van der Waals surface area contributed by atoms with Gasteiger partial charge in [-0.05, 0) is 31.0 Å². The highest BCUT2D eigenvalue weighted by Gasteiger charge is 2.31. The van der Waals surface area contributed by atoms with E-state index in [1.165, 1.54) is 5.56 Å². The molecular weight excluding hydrogens is 272 g/mol. The minimum absolute atomic E-state index is 0.0875. The Kier molecular flexibility index (Phi) is 4.25. The Morgan fingerprint density at radius 1 is 1.09 bits per heavy atom. The Bertz CT molecular complexity index is 653. The van der Waals surface area contributed by atoms with Gasteiger partial charge in [-0.3, -0.25) is 4.79 Å². The number of piperazine rings is 1. The van der Waals surface area contributed by atoms with Crippen molar-refractivity contribution in [1.29, 1.82) is 0 Å². The summed E-state index contributed by atoms with van der Waals surface area (Å²) in [4.78, 5) is 15.1. The van der Waals surface area contributed by atoms with Crippen LogP contribution in [0.15, 0.2) is 54.6 Å². The van der Waals surface area contributed by atoms with E-state index in [1.807, 2.05) is 54.3 Å². The number of hydrogen-bond acceptors (Lipinski definition) is 2. The van der Waals surface area contributed by atoms with E-state index in [9.17, 15) is 4.79 Å². The van der Waals surface area contributed by atoms with Crippen LogP contribution in [0.25, 0.3) is 0 Å². The van der Waals surface area contributed by atoms with Gasteiger partial charge in [-0.1, -0.05) is 48.5 Å². The minimum Gasteiger partial charge on any atom is -0.329 e. The van der Waals surface area contributed by atoms with E-state index in [1.54, 1.807) is 0 Å². The SMILES string of the molecule is Cc1ccccc1C(=O)N1CC(C)NCC1c1ccccc1. The summed E-state index contributed by atoms with van der Waals surface area (Å²) >= 11 is 0. The van der Waals surface area contributed by atoms with E-state index in [4.69, 9.17) is 0 Å². The summed E-state index contributed by atoms with van der Waals surface area (Å²) in [5.41, 5.74) is 3.02. The van der Waals surface area contributed by atoms with Crippen LogP contribution in [0.5, 0.6) is 0 Å². The van der Waals surface area contributed by atoms with Crippen molar-refractivity contribution in [2.75, 3.05) is 13.1 Å². The van der Waals surface area contributed by atoms with Crippen LogP contribution in [0, 0.1) is 6.92 Å². The van der Waals surface area contributed by atoms with Crippen LogP contribution in [-0.4, -0.2) is 29.9 Å². The molecule has 2 aromatic rings. The molecule has 1 aliphatic rings. The number of aryl methyl sites for hydroxylation is 1. The average Bonchev–Trinajstić information content (AvgIpc) is 2.55. The number of nitrogens with one attached hydrogen (secondary N) is 1. The van der Waals surface area contributed by atoms with Crippen LogP contribution in [0.1, 0.15) is 34.5 Å². The molecular formula is C19H22N2O. The van der Waals surface area contributed by atoms with Crippen LogP contribution in [0.4, 0.5) is 0 Å². The van der Waals surface area contributed by atoms with Crippen LogP contribution in [0.2, 0.25) is 0 Å². The number of carbonyl (C=O) groups excluding carboxylic acids is 1. The van der Waals surface area contributed by atoms with Crippen LogP contribution >= 0.6 is 0 Å². The van der Waals surface area contributed by atoms with Crippen molar-refractivity contribution in [3.05, 3.63) is 71.3 Å². The monoisotopic (exact) mass is 294 g/mol. The minimum atomic E-state index is 0.0875. The van der Waals surface area contributed by atoms with E-state index < -0.39 is 0 Å². The zero-order valence-electron chi connectivity index (χ0n) is 13.1. The molecule has 2 unspecified atom stereocenters. The summed E-state index contributed by atoms with van der Waals surface area (Å²) in [7, 11) is 0. The summed E-state index contributed by atoms with van der Waals surface area (Å²) < 4.78 is 0. The predicted octanol–water partition coefficient (Wildman–Crippen LogP) is 3.17. The summed E-state index contributed by atoms with van der Waals surface area (Å²) in [6.45, 7) is 5.64.